The number of benzene rings is 1. The van der Waals surface area contributed by atoms with E-state index in [0.29, 0.717) is 40.4 Å². The molecule has 0 aliphatic heterocycles. The lowest BCUT2D eigenvalue weighted by Crippen LogP contribution is -2.00. The van der Waals surface area contributed by atoms with Gasteiger partial charge >= 0.3 is 0 Å². The van der Waals surface area contributed by atoms with Crippen LogP contribution in [-0.4, -0.2) is 25.1 Å². The average Bonchev–Trinajstić information content (AvgIpc) is 3.49. The number of ether oxygens (including phenoxy) is 2. The molecule has 0 bridgehead atoms. The maximum Gasteiger partial charge on any atom is 0.264 e. The average molecular weight is 443 g/mol. The molecule has 4 heterocycles. The smallest absolute Gasteiger partial charge is 0.264 e. The van der Waals surface area contributed by atoms with Gasteiger partial charge in [0.05, 0.1) is 23.0 Å². The number of rotatable bonds is 8. The molecule has 0 atom stereocenters. The van der Waals surface area contributed by atoms with Gasteiger partial charge in [-0.3, -0.25) is 9.97 Å². The summed E-state index contributed by atoms with van der Waals surface area (Å²) in [5.74, 6) is 2.60. The van der Waals surface area contributed by atoms with Crippen LogP contribution in [0.4, 0.5) is 0 Å². The third-order valence-electron chi connectivity index (χ3n) is 4.98. The van der Waals surface area contributed by atoms with Gasteiger partial charge in [-0.05, 0) is 37.6 Å². The molecule has 4 aromatic heterocycles. The Balaban J connectivity index is 1.47. The first-order chi connectivity index (χ1) is 16.2. The van der Waals surface area contributed by atoms with Gasteiger partial charge in [0.25, 0.3) is 5.89 Å². The fraction of sp³-hybridized carbons (Fsp3) is 0.208. The summed E-state index contributed by atoms with van der Waals surface area (Å²) in [5.41, 5.74) is 2.97. The lowest BCUT2D eigenvalue weighted by atomic mass is 10.1. The molecule has 166 valence electrons. The van der Waals surface area contributed by atoms with Crippen molar-refractivity contribution in [3.05, 3.63) is 72.6 Å². The minimum absolute atomic E-state index is 0.113. The highest BCUT2D eigenvalue weighted by molar-refractivity contribution is 5.82. The Bertz CT molecular complexity index is 1390. The van der Waals surface area contributed by atoms with Crippen LogP contribution in [0, 0.1) is 6.92 Å². The molecule has 0 unspecified atom stereocenters. The maximum absolute atomic E-state index is 6.09. The molecule has 0 radical (unpaired) electrons. The maximum atomic E-state index is 6.09. The van der Waals surface area contributed by atoms with E-state index in [1.165, 1.54) is 0 Å². The van der Waals surface area contributed by atoms with E-state index in [9.17, 15) is 0 Å². The van der Waals surface area contributed by atoms with Crippen LogP contribution in [0.15, 0.2) is 64.1 Å². The van der Waals surface area contributed by atoms with Gasteiger partial charge in [-0.1, -0.05) is 12.1 Å². The molecule has 0 aliphatic carbocycles. The number of pyridine rings is 1. The predicted octanol–water partition coefficient (Wildman–Crippen LogP) is 5.30. The van der Waals surface area contributed by atoms with E-state index in [1.807, 2.05) is 25.1 Å². The van der Waals surface area contributed by atoms with E-state index in [1.54, 1.807) is 37.0 Å². The zero-order chi connectivity index (χ0) is 22.6. The molecule has 1 aromatic carbocycles. The minimum atomic E-state index is 0.113. The van der Waals surface area contributed by atoms with Crippen molar-refractivity contribution in [2.45, 2.75) is 33.3 Å². The van der Waals surface area contributed by atoms with E-state index in [2.05, 4.69) is 32.0 Å². The molecule has 33 heavy (non-hydrogen) atoms. The molecule has 0 spiro atoms. The number of furan rings is 1. The van der Waals surface area contributed by atoms with Crippen molar-refractivity contribution in [3.63, 3.8) is 0 Å². The van der Waals surface area contributed by atoms with Crippen molar-refractivity contribution in [2.75, 3.05) is 0 Å². The monoisotopic (exact) mass is 443 g/mol. The highest BCUT2D eigenvalue weighted by atomic mass is 16.5. The molecule has 5 rings (SSSR count). The predicted molar refractivity (Wildman–Crippen MR) is 119 cm³/mol. The summed E-state index contributed by atoms with van der Waals surface area (Å²) in [4.78, 5) is 17.5. The summed E-state index contributed by atoms with van der Waals surface area (Å²) in [7, 11) is 0. The van der Waals surface area contributed by atoms with E-state index in [4.69, 9.17) is 18.4 Å². The Morgan fingerprint density at radius 3 is 2.79 bits per heavy atom. The standard InChI is InChI=1S/C24H21N5O4/c1-3-4-21-28-22(33-29-21)14-31-20-13-16(5-6-17(20)23-15(2)25-10-11-26-23)32-24-18-8-12-30-19(18)7-9-27-24/h5-13H,3-4,14H2,1-2H3. The van der Waals surface area contributed by atoms with Gasteiger partial charge < -0.3 is 18.4 Å². The topological polar surface area (TPSA) is 109 Å². The van der Waals surface area contributed by atoms with Crippen LogP contribution >= 0.6 is 0 Å². The van der Waals surface area contributed by atoms with Gasteiger partial charge in [-0.2, -0.15) is 4.98 Å². The minimum Gasteiger partial charge on any atom is -0.483 e. The van der Waals surface area contributed by atoms with Crippen molar-refractivity contribution < 1.29 is 18.4 Å². The largest absolute Gasteiger partial charge is 0.483 e. The van der Waals surface area contributed by atoms with Gasteiger partial charge in [0.15, 0.2) is 12.4 Å². The Morgan fingerprint density at radius 1 is 1.00 bits per heavy atom. The van der Waals surface area contributed by atoms with Crippen LogP contribution in [0.1, 0.15) is 30.8 Å². The third-order valence-corrected chi connectivity index (χ3v) is 4.98. The number of fused-ring (bicyclic) bond motifs is 1. The number of aromatic nitrogens is 5. The molecule has 0 saturated carbocycles. The molecule has 0 saturated heterocycles. The van der Waals surface area contributed by atoms with Crippen molar-refractivity contribution in [1.29, 1.82) is 0 Å². The molecule has 9 nitrogen and oxygen atoms in total. The van der Waals surface area contributed by atoms with Crippen molar-refractivity contribution in [1.82, 2.24) is 25.1 Å². The van der Waals surface area contributed by atoms with Gasteiger partial charge in [0, 0.05) is 36.6 Å². The van der Waals surface area contributed by atoms with Crippen LogP contribution in [0.5, 0.6) is 17.4 Å². The second kappa shape index (κ2) is 9.07. The first-order valence-corrected chi connectivity index (χ1v) is 10.6. The number of aryl methyl sites for hydroxylation is 2. The summed E-state index contributed by atoms with van der Waals surface area (Å²) in [6.07, 6.45) is 8.23. The number of hydrogen-bond donors (Lipinski definition) is 0. The van der Waals surface area contributed by atoms with Crippen LogP contribution in [0.2, 0.25) is 0 Å². The molecule has 0 fully saturated rings. The molecule has 0 N–H and O–H groups in total. The Kier molecular flexibility index (Phi) is 5.67. The summed E-state index contributed by atoms with van der Waals surface area (Å²) in [6.45, 7) is 4.07. The Labute approximate surface area is 189 Å². The van der Waals surface area contributed by atoms with E-state index in [0.717, 1.165) is 29.5 Å². The highest BCUT2D eigenvalue weighted by Gasteiger charge is 2.16. The molecule has 0 amide bonds. The van der Waals surface area contributed by atoms with Crippen LogP contribution in [-0.2, 0) is 13.0 Å². The zero-order valence-electron chi connectivity index (χ0n) is 18.2. The van der Waals surface area contributed by atoms with Gasteiger partial charge in [-0.15, -0.1) is 0 Å². The second-order valence-corrected chi connectivity index (χ2v) is 7.34. The SMILES string of the molecule is CCCc1noc(COc2cc(Oc3nccc4occc34)ccc2-c2nccnc2C)n1. The van der Waals surface area contributed by atoms with Gasteiger partial charge in [-0.25, -0.2) is 4.98 Å². The van der Waals surface area contributed by atoms with Crippen LogP contribution in [0.25, 0.3) is 22.2 Å². The summed E-state index contributed by atoms with van der Waals surface area (Å²) < 4.78 is 22.9. The molecule has 9 heteroatoms. The number of hydrogen-bond acceptors (Lipinski definition) is 9. The van der Waals surface area contributed by atoms with E-state index >= 15 is 0 Å². The van der Waals surface area contributed by atoms with Crippen LogP contribution < -0.4 is 9.47 Å². The normalized spacial score (nSPS) is 11.1. The van der Waals surface area contributed by atoms with Crippen molar-refractivity contribution in [3.8, 4) is 28.6 Å². The third kappa shape index (κ3) is 4.38. The zero-order valence-corrected chi connectivity index (χ0v) is 18.2. The summed E-state index contributed by atoms with van der Waals surface area (Å²) >= 11 is 0. The van der Waals surface area contributed by atoms with E-state index < -0.39 is 0 Å². The first-order valence-electron chi connectivity index (χ1n) is 10.6. The van der Waals surface area contributed by atoms with E-state index in [-0.39, 0.29) is 6.61 Å². The molecule has 0 aliphatic rings. The molecular formula is C24H21N5O4. The summed E-state index contributed by atoms with van der Waals surface area (Å²) in [5, 5.41) is 4.76. The second-order valence-electron chi connectivity index (χ2n) is 7.34. The van der Waals surface area contributed by atoms with Gasteiger partial charge in [0.1, 0.15) is 17.1 Å². The van der Waals surface area contributed by atoms with Crippen molar-refractivity contribution in [2.24, 2.45) is 0 Å². The number of nitrogens with zero attached hydrogens (tertiary/aromatic N) is 5. The van der Waals surface area contributed by atoms with Gasteiger partial charge in [0.2, 0.25) is 5.88 Å². The molecule has 5 aromatic rings. The first kappa shape index (κ1) is 20.6. The lowest BCUT2D eigenvalue weighted by molar-refractivity contribution is 0.242. The Morgan fingerprint density at radius 2 is 1.91 bits per heavy atom. The highest BCUT2D eigenvalue weighted by Crippen LogP contribution is 2.36. The Hall–Kier alpha value is -4.27. The fourth-order valence-electron chi connectivity index (χ4n) is 3.43. The van der Waals surface area contributed by atoms with Crippen molar-refractivity contribution >= 4 is 11.0 Å². The lowest BCUT2D eigenvalue weighted by Gasteiger charge is -2.13. The van der Waals surface area contributed by atoms with Crippen LogP contribution in [0.3, 0.4) is 0 Å². The fourth-order valence-corrected chi connectivity index (χ4v) is 3.43. The summed E-state index contributed by atoms with van der Waals surface area (Å²) in [6, 6.07) is 9.10. The quantitative estimate of drug-likeness (QED) is 0.315. The molecular weight excluding hydrogens is 422 g/mol.